The third-order valence-corrected chi connectivity index (χ3v) is 3.46. The molecule has 2 rings (SSSR count). The van der Waals surface area contributed by atoms with Crippen LogP contribution in [-0.4, -0.2) is 29.2 Å². The summed E-state index contributed by atoms with van der Waals surface area (Å²) in [6.07, 6.45) is 7.60. The zero-order valence-corrected chi connectivity index (χ0v) is 11.6. The molecule has 1 N–H and O–H groups in total. The number of anilines is 1. The highest BCUT2D eigenvalue weighted by molar-refractivity contribution is 9.10. The molecule has 1 aliphatic rings. The number of nitrogens with zero attached hydrogens (tertiary/aromatic N) is 2. The van der Waals surface area contributed by atoms with Gasteiger partial charge < -0.3 is 10.1 Å². The molecule has 0 amide bonds. The van der Waals surface area contributed by atoms with Gasteiger partial charge in [-0.25, -0.2) is 9.97 Å². The molecule has 1 fully saturated rings. The van der Waals surface area contributed by atoms with Crippen LogP contribution in [0.4, 0.5) is 5.95 Å². The van der Waals surface area contributed by atoms with Gasteiger partial charge in [0.25, 0.3) is 0 Å². The number of hydrogen-bond acceptors (Lipinski definition) is 4. The fourth-order valence-corrected chi connectivity index (χ4v) is 2.28. The minimum Gasteiger partial charge on any atom is -0.378 e. The Labute approximate surface area is 110 Å². The van der Waals surface area contributed by atoms with Gasteiger partial charge in [0.05, 0.1) is 10.6 Å². The monoisotopic (exact) mass is 299 g/mol. The van der Waals surface area contributed by atoms with Crippen molar-refractivity contribution in [3.63, 3.8) is 0 Å². The van der Waals surface area contributed by atoms with Crippen LogP contribution in [0.1, 0.15) is 26.2 Å². The molecule has 17 heavy (non-hydrogen) atoms. The minimum absolute atomic E-state index is 0.508. The van der Waals surface area contributed by atoms with Crippen molar-refractivity contribution in [2.75, 3.05) is 18.5 Å². The van der Waals surface area contributed by atoms with E-state index in [1.54, 1.807) is 12.4 Å². The van der Waals surface area contributed by atoms with Gasteiger partial charge in [-0.2, -0.15) is 0 Å². The normalized spacial score (nSPS) is 23.2. The van der Waals surface area contributed by atoms with Crippen molar-refractivity contribution in [3.05, 3.63) is 16.9 Å². The van der Waals surface area contributed by atoms with E-state index >= 15 is 0 Å². The highest BCUT2D eigenvalue weighted by Gasteiger charge is 2.28. The van der Waals surface area contributed by atoms with Crippen LogP contribution in [-0.2, 0) is 4.74 Å². The number of hydrogen-bond donors (Lipinski definition) is 1. The first-order valence-electron chi connectivity index (χ1n) is 6.11. The predicted molar refractivity (Wildman–Crippen MR) is 71.0 cm³/mol. The van der Waals surface area contributed by atoms with Gasteiger partial charge in [0, 0.05) is 25.5 Å². The third kappa shape index (κ3) is 3.92. The van der Waals surface area contributed by atoms with E-state index in [0.717, 1.165) is 23.5 Å². The van der Waals surface area contributed by atoms with E-state index in [4.69, 9.17) is 4.74 Å². The van der Waals surface area contributed by atoms with Gasteiger partial charge in [0.2, 0.25) is 5.95 Å². The second-order valence-electron chi connectivity index (χ2n) is 4.36. The summed E-state index contributed by atoms with van der Waals surface area (Å²) in [7, 11) is 0. The maximum atomic E-state index is 5.54. The number of aromatic nitrogens is 2. The topological polar surface area (TPSA) is 47.0 Å². The molecule has 1 aliphatic carbocycles. The van der Waals surface area contributed by atoms with Gasteiger partial charge in [-0.1, -0.05) is 0 Å². The molecule has 0 atom stereocenters. The van der Waals surface area contributed by atoms with E-state index in [0.29, 0.717) is 12.1 Å². The molecule has 5 heteroatoms. The Kier molecular flexibility index (Phi) is 4.74. The number of ether oxygens (including phenoxy) is 1. The van der Waals surface area contributed by atoms with Gasteiger partial charge in [-0.15, -0.1) is 0 Å². The highest BCUT2D eigenvalue weighted by atomic mass is 79.9. The molecule has 94 valence electrons. The van der Waals surface area contributed by atoms with Crippen LogP contribution in [0.15, 0.2) is 16.9 Å². The minimum atomic E-state index is 0.508. The quantitative estimate of drug-likeness (QED) is 0.877. The van der Waals surface area contributed by atoms with Gasteiger partial charge >= 0.3 is 0 Å². The Bertz CT molecular complexity index is 338. The summed E-state index contributed by atoms with van der Waals surface area (Å²) in [5.74, 6) is 1.50. The molecule has 0 aromatic carbocycles. The molecule has 0 aliphatic heterocycles. The van der Waals surface area contributed by atoms with Crippen LogP contribution in [0, 0.1) is 5.92 Å². The summed E-state index contributed by atoms with van der Waals surface area (Å²) in [5.41, 5.74) is 0. The predicted octanol–water partition coefficient (Wildman–Crippen LogP) is 2.86. The summed E-state index contributed by atoms with van der Waals surface area (Å²) < 4.78 is 6.44. The summed E-state index contributed by atoms with van der Waals surface area (Å²) in [4.78, 5) is 8.34. The Morgan fingerprint density at radius 1 is 1.41 bits per heavy atom. The standard InChI is InChI=1S/C12H18BrN3O/c1-2-17-11-5-9(6-11)3-4-14-12-15-7-10(13)8-16-12/h7-9,11H,2-6H2,1H3,(H,14,15,16). The molecule has 1 heterocycles. The molecule has 1 aromatic rings. The van der Waals surface area contributed by atoms with Crippen LogP contribution >= 0.6 is 15.9 Å². The van der Waals surface area contributed by atoms with Gasteiger partial charge in [-0.3, -0.25) is 0 Å². The Morgan fingerprint density at radius 2 is 2.12 bits per heavy atom. The molecule has 4 nitrogen and oxygen atoms in total. The number of nitrogens with one attached hydrogen (secondary N) is 1. The lowest BCUT2D eigenvalue weighted by Crippen LogP contribution is -2.32. The lowest BCUT2D eigenvalue weighted by molar-refractivity contribution is -0.0255. The van der Waals surface area contributed by atoms with Crippen LogP contribution in [0.5, 0.6) is 0 Å². The first-order chi connectivity index (χ1) is 8.28. The zero-order chi connectivity index (χ0) is 12.1. The molecule has 0 spiro atoms. The van der Waals surface area contributed by atoms with E-state index in [9.17, 15) is 0 Å². The molecule has 0 radical (unpaired) electrons. The molecule has 0 bridgehead atoms. The Balaban J connectivity index is 1.59. The second-order valence-corrected chi connectivity index (χ2v) is 5.27. The maximum Gasteiger partial charge on any atom is 0.222 e. The van der Waals surface area contributed by atoms with Crippen molar-refractivity contribution < 1.29 is 4.74 Å². The molecule has 0 unspecified atom stereocenters. The van der Waals surface area contributed by atoms with Crippen molar-refractivity contribution in [3.8, 4) is 0 Å². The summed E-state index contributed by atoms with van der Waals surface area (Å²) in [5, 5.41) is 3.23. The van der Waals surface area contributed by atoms with E-state index < -0.39 is 0 Å². The number of rotatable bonds is 6. The van der Waals surface area contributed by atoms with Crippen LogP contribution in [0.25, 0.3) is 0 Å². The highest BCUT2D eigenvalue weighted by Crippen LogP contribution is 2.32. The first-order valence-corrected chi connectivity index (χ1v) is 6.90. The van der Waals surface area contributed by atoms with E-state index in [2.05, 4.69) is 38.1 Å². The molecule has 1 saturated carbocycles. The van der Waals surface area contributed by atoms with E-state index in [1.165, 1.54) is 19.3 Å². The second kappa shape index (κ2) is 6.31. The van der Waals surface area contributed by atoms with Gasteiger partial charge in [-0.05, 0) is 48.0 Å². The molecule has 1 aromatic heterocycles. The van der Waals surface area contributed by atoms with Crippen molar-refractivity contribution in [2.24, 2.45) is 5.92 Å². The van der Waals surface area contributed by atoms with Gasteiger partial charge in [0.1, 0.15) is 0 Å². The largest absolute Gasteiger partial charge is 0.378 e. The Hall–Kier alpha value is -0.680. The molecular weight excluding hydrogens is 282 g/mol. The summed E-state index contributed by atoms with van der Waals surface area (Å²) >= 11 is 3.31. The SMILES string of the molecule is CCOC1CC(CCNc2ncc(Br)cn2)C1. The van der Waals surface area contributed by atoms with Crippen molar-refractivity contribution in [1.82, 2.24) is 9.97 Å². The molecule has 0 saturated heterocycles. The lowest BCUT2D eigenvalue weighted by Gasteiger charge is -2.34. The van der Waals surface area contributed by atoms with Gasteiger partial charge in [0.15, 0.2) is 0 Å². The zero-order valence-electron chi connectivity index (χ0n) is 10.0. The lowest BCUT2D eigenvalue weighted by atomic mass is 9.80. The average Bonchev–Trinajstić information content (AvgIpc) is 2.28. The Morgan fingerprint density at radius 3 is 2.76 bits per heavy atom. The van der Waals surface area contributed by atoms with E-state index in [1.807, 2.05) is 0 Å². The number of halogens is 1. The van der Waals surface area contributed by atoms with Crippen molar-refractivity contribution in [1.29, 1.82) is 0 Å². The molecular formula is C12H18BrN3O. The fraction of sp³-hybridized carbons (Fsp3) is 0.667. The van der Waals surface area contributed by atoms with Crippen LogP contribution < -0.4 is 5.32 Å². The third-order valence-electron chi connectivity index (χ3n) is 3.05. The van der Waals surface area contributed by atoms with Crippen LogP contribution in [0.2, 0.25) is 0 Å². The summed E-state index contributed by atoms with van der Waals surface area (Å²) in [6.45, 7) is 3.83. The maximum absolute atomic E-state index is 5.54. The van der Waals surface area contributed by atoms with E-state index in [-0.39, 0.29) is 0 Å². The van der Waals surface area contributed by atoms with Crippen molar-refractivity contribution in [2.45, 2.75) is 32.3 Å². The smallest absolute Gasteiger partial charge is 0.222 e. The van der Waals surface area contributed by atoms with Crippen molar-refractivity contribution >= 4 is 21.9 Å². The van der Waals surface area contributed by atoms with Crippen LogP contribution in [0.3, 0.4) is 0 Å². The average molecular weight is 300 g/mol. The fourth-order valence-electron chi connectivity index (χ4n) is 2.07. The first kappa shape index (κ1) is 12.8. The summed E-state index contributed by atoms with van der Waals surface area (Å²) in [6, 6.07) is 0.